The molecule has 0 radical (unpaired) electrons. The van der Waals surface area contributed by atoms with Gasteiger partial charge in [0, 0.05) is 17.0 Å². The van der Waals surface area contributed by atoms with E-state index < -0.39 is 7.22 Å². The highest BCUT2D eigenvalue weighted by molar-refractivity contribution is 8.29. The molecule has 1 rings (SSSR count). The first kappa shape index (κ1) is 21.2. The zero-order chi connectivity index (χ0) is 17.8. The zero-order valence-corrected chi connectivity index (χ0v) is 18.4. The molecule has 0 aliphatic rings. The van der Waals surface area contributed by atoms with Crippen molar-refractivity contribution in [3.05, 3.63) is 22.2 Å². The summed E-state index contributed by atoms with van der Waals surface area (Å²) in [6.07, 6.45) is 0. The van der Waals surface area contributed by atoms with Gasteiger partial charge in [0.05, 0.1) is 5.02 Å². The molecule has 0 aromatic heterocycles. The van der Waals surface area contributed by atoms with Crippen LogP contribution in [0.3, 0.4) is 0 Å². The van der Waals surface area contributed by atoms with Gasteiger partial charge in [0.2, 0.25) is 0 Å². The summed E-state index contributed by atoms with van der Waals surface area (Å²) >= 11 is 14.6. The first-order valence-corrected chi connectivity index (χ1v) is 12.5. The predicted molar refractivity (Wildman–Crippen MR) is 106 cm³/mol. The van der Waals surface area contributed by atoms with Gasteiger partial charge in [-0.25, -0.2) is 0 Å². The molecule has 0 heterocycles. The highest BCUT2D eigenvalue weighted by Crippen LogP contribution is 2.54. The van der Waals surface area contributed by atoms with E-state index in [1.165, 1.54) is 0 Å². The van der Waals surface area contributed by atoms with Crippen LogP contribution < -0.4 is 4.74 Å². The van der Waals surface area contributed by atoms with E-state index in [0.29, 0.717) is 32.4 Å². The SMILES string of the molecule is COCOc1c(Cl)cc(Cl)cc1S[Si](C(C)C)(C(C)C)C(C)C. The first-order valence-electron chi connectivity index (χ1n) is 7.96. The standard InChI is InChI=1S/C17H28Cl2O2SSi/c1-11(2)23(12(3)4,13(5)6)22-16-9-14(18)8-15(19)17(16)21-10-20-7/h8-9,11-13H,10H2,1-7H3. The van der Waals surface area contributed by atoms with Crippen LogP contribution in [0.2, 0.25) is 26.7 Å². The smallest absolute Gasteiger partial charge is 0.188 e. The van der Waals surface area contributed by atoms with E-state index in [2.05, 4.69) is 41.5 Å². The van der Waals surface area contributed by atoms with Crippen molar-refractivity contribution in [2.24, 2.45) is 0 Å². The van der Waals surface area contributed by atoms with Crippen molar-refractivity contribution in [1.29, 1.82) is 0 Å². The minimum absolute atomic E-state index is 0.175. The minimum atomic E-state index is -1.71. The molecule has 132 valence electrons. The Morgan fingerprint density at radius 3 is 1.96 bits per heavy atom. The van der Waals surface area contributed by atoms with Gasteiger partial charge in [-0.2, -0.15) is 0 Å². The molecular formula is C17H28Cl2O2SSi. The van der Waals surface area contributed by atoms with Crippen molar-refractivity contribution in [3.8, 4) is 5.75 Å². The number of ether oxygens (including phenoxy) is 2. The fourth-order valence-corrected chi connectivity index (χ4v) is 13.3. The highest BCUT2D eigenvalue weighted by atomic mass is 35.5. The monoisotopic (exact) mass is 394 g/mol. The number of halogens is 2. The summed E-state index contributed by atoms with van der Waals surface area (Å²) in [4.78, 5) is 1.03. The van der Waals surface area contributed by atoms with E-state index in [9.17, 15) is 0 Å². The number of hydrogen-bond donors (Lipinski definition) is 0. The lowest BCUT2D eigenvalue weighted by Crippen LogP contribution is -2.41. The molecule has 0 N–H and O–H groups in total. The van der Waals surface area contributed by atoms with E-state index in [-0.39, 0.29) is 6.79 Å². The zero-order valence-electron chi connectivity index (χ0n) is 15.1. The number of hydrogen-bond acceptors (Lipinski definition) is 3. The van der Waals surface area contributed by atoms with Crippen molar-refractivity contribution in [1.82, 2.24) is 0 Å². The van der Waals surface area contributed by atoms with Gasteiger partial charge in [-0.1, -0.05) is 64.7 Å². The molecule has 2 nitrogen and oxygen atoms in total. The van der Waals surface area contributed by atoms with E-state index in [0.717, 1.165) is 4.90 Å². The summed E-state index contributed by atoms with van der Waals surface area (Å²) in [7, 11) is -0.103. The van der Waals surface area contributed by atoms with E-state index >= 15 is 0 Å². The fourth-order valence-electron chi connectivity index (χ4n) is 3.41. The number of benzene rings is 1. The van der Waals surface area contributed by atoms with Crippen molar-refractivity contribution < 1.29 is 9.47 Å². The third kappa shape index (κ3) is 4.82. The maximum absolute atomic E-state index is 6.38. The molecule has 23 heavy (non-hydrogen) atoms. The van der Waals surface area contributed by atoms with E-state index in [4.69, 9.17) is 32.7 Å². The van der Waals surface area contributed by atoms with Crippen LogP contribution in [0.4, 0.5) is 0 Å². The summed E-state index contributed by atoms with van der Waals surface area (Å²) in [6.45, 7) is 14.2. The van der Waals surface area contributed by atoms with Gasteiger partial charge in [0.15, 0.2) is 12.5 Å². The van der Waals surface area contributed by atoms with Crippen LogP contribution in [0.25, 0.3) is 0 Å². The Morgan fingerprint density at radius 2 is 1.52 bits per heavy atom. The van der Waals surface area contributed by atoms with Gasteiger partial charge in [0.1, 0.15) is 7.22 Å². The molecule has 6 heteroatoms. The van der Waals surface area contributed by atoms with Crippen LogP contribution in [-0.4, -0.2) is 21.1 Å². The average Bonchev–Trinajstić information content (AvgIpc) is 2.42. The molecule has 1 aromatic rings. The molecule has 0 bridgehead atoms. The van der Waals surface area contributed by atoms with Gasteiger partial charge in [-0.3, -0.25) is 0 Å². The second-order valence-electron chi connectivity index (χ2n) is 6.69. The van der Waals surface area contributed by atoms with Crippen LogP contribution in [0, 0.1) is 0 Å². The molecule has 0 saturated heterocycles. The molecule has 0 spiro atoms. The molecule has 0 aliphatic carbocycles. The van der Waals surface area contributed by atoms with Crippen LogP contribution in [0.15, 0.2) is 17.0 Å². The Kier molecular flexibility index (Phi) is 8.28. The normalized spacial score (nSPS) is 12.5. The molecule has 0 fully saturated rings. The minimum Gasteiger partial charge on any atom is -0.465 e. The van der Waals surface area contributed by atoms with Gasteiger partial charge in [-0.15, -0.1) is 11.2 Å². The number of rotatable bonds is 8. The lowest BCUT2D eigenvalue weighted by atomic mass is 10.3. The summed E-state index contributed by atoms with van der Waals surface area (Å²) < 4.78 is 10.8. The highest BCUT2D eigenvalue weighted by Gasteiger charge is 2.44. The molecule has 0 amide bonds. The Labute approximate surface area is 155 Å². The van der Waals surface area contributed by atoms with Crippen LogP contribution in [0.5, 0.6) is 5.75 Å². The molecular weight excluding hydrogens is 367 g/mol. The van der Waals surface area contributed by atoms with Crippen molar-refractivity contribution in [2.45, 2.75) is 63.1 Å². The fraction of sp³-hybridized carbons (Fsp3) is 0.647. The summed E-state index contributed by atoms with van der Waals surface area (Å²) in [5, 5.41) is 1.18. The summed E-state index contributed by atoms with van der Waals surface area (Å²) in [5.41, 5.74) is 1.88. The maximum atomic E-state index is 6.38. The van der Waals surface area contributed by atoms with E-state index in [1.807, 2.05) is 17.3 Å². The van der Waals surface area contributed by atoms with Gasteiger partial charge in [-0.05, 0) is 28.8 Å². The van der Waals surface area contributed by atoms with Gasteiger partial charge in [0.25, 0.3) is 0 Å². The van der Waals surface area contributed by atoms with Gasteiger partial charge >= 0.3 is 0 Å². The molecule has 0 atom stereocenters. The second kappa shape index (κ2) is 9.00. The van der Waals surface area contributed by atoms with E-state index in [1.54, 1.807) is 13.2 Å². The Balaban J connectivity index is 3.37. The van der Waals surface area contributed by atoms with Crippen LogP contribution in [0.1, 0.15) is 41.5 Å². The molecule has 1 aromatic carbocycles. The molecule has 0 unspecified atom stereocenters. The lowest BCUT2D eigenvalue weighted by Gasteiger charge is -2.42. The lowest BCUT2D eigenvalue weighted by molar-refractivity contribution is 0.0492. The van der Waals surface area contributed by atoms with Crippen molar-refractivity contribution >= 4 is 41.6 Å². The Hall–Kier alpha value is 0.127. The van der Waals surface area contributed by atoms with Crippen LogP contribution in [-0.2, 0) is 4.74 Å². The molecule has 0 saturated carbocycles. The quantitative estimate of drug-likeness (QED) is 0.341. The van der Waals surface area contributed by atoms with Crippen LogP contribution >= 0.6 is 34.4 Å². The van der Waals surface area contributed by atoms with Crippen molar-refractivity contribution in [3.63, 3.8) is 0 Å². The number of methoxy groups -OCH3 is 1. The Bertz CT molecular complexity index is 500. The summed E-state index contributed by atoms with van der Waals surface area (Å²) in [6, 6.07) is 3.69. The predicted octanol–water partition coefficient (Wildman–Crippen LogP) is 7.24. The summed E-state index contributed by atoms with van der Waals surface area (Å²) in [5.74, 6) is 0.682. The average molecular weight is 395 g/mol. The maximum Gasteiger partial charge on any atom is 0.188 e. The third-order valence-electron chi connectivity index (χ3n) is 4.29. The van der Waals surface area contributed by atoms with Gasteiger partial charge < -0.3 is 9.47 Å². The Morgan fingerprint density at radius 1 is 1.00 bits per heavy atom. The third-order valence-corrected chi connectivity index (χ3v) is 17.0. The molecule has 0 aliphatic heterocycles. The first-order chi connectivity index (χ1) is 10.7. The second-order valence-corrected chi connectivity index (χ2v) is 16.1. The largest absolute Gasteiger partial charge is 0.465 e. The van der Waals surface area contributed by atoms with Crippen molar-refractivity contribution in [2.75, 3.05) is 13.9 Å². The topological polar surface area (TPSA) is 18.5 Å².